The van der Waals surface area contributed by atoms with Crippen LogP contribution >= 0.6 is 0 Å². The van der Waals surface area contributed by atoms with E-state index in [1.165, 1.54) is 12.1 Å². The zero-order valence-corrected chi connectivity index (χ0v) is 10.4. The van der Waals surface area contributed by atoms with Crippen LogP contribution in [0, 0.1) is 12.7 Å². The molecule has 0 bridgehead atoms. The van der Waals surface area contributed by atoms with Gasteiger partial charge < -0.3 is 10.4 Å². The summed E-state index contributed by atoms with van der Waals surface area (Å²) in [5, 5.41) is 11.2. The van der Waals surface area contributed by atoms with Gasteiger partial charge in [-0.1, -0.05) is 25.0 Å². The standard InChI is InChI=1S/C13H16FNO3/c1-3-4-11(13(17)18)15-12(16)9-7-8(2)5-6-10(9)14/h5-7,11H,3-4H2,1-2H3,(H,15,16)(H,17,18)/t11-/m1/s1. The Morgan fingerprint density at radius 1 is 1.44 bits per heavy atom. The second-order valence-electron chi connectivity index (χ2n) is 4.14. The highest BCUT2D eigenvalue weighted by Gasteiger charge is 2.21. The monoisotopic (exact) mass is 253 g/mol. The molecule has 5 heteroatoms. The van der Waals surface area contributed by atoms with Crippen molar-refractivity contribution in [1.29, 1.82) is 0 Å². The summed E-state index contributed by atoms with van der Waals surface area (Å²) in [5.74, 6) is -2.46. The number of carboxylic acid groups (broad SMARTS) is 1. The highest BCUT2D eigenvalue weighted by atomic mass is 19.1. The van der Waals surface area contributed by atoms with Crippen LogP contribution in [0.3, 0.4) is 0 Å². The van der Waals surface area contributed by atoms with Gasteiger partial charge in [-0.05, 0) is 25.5 Å². The number of amides is 1. The molecule has 0 aliphatic rings. The molecule has 18 heavy (non-hydrogen) atoms. The summed E-state index contributed by atoms with van der Waals surface area (Å²) in [6.07, 6.45) is 0.933. The van der Waals surface area contributed by atoms with Crippen molar-refractivity contribution in [3.8, 4) is 0 Å². The number of aryl methyl sites for hydroxylation is 1. The van der Waals surface area contributed by atoms with E-state index in [9.17, 15) is 14.0 Å². The molecular weight excluding hydrogens is 237 g/mol. The van der Waals surface area contributed by atoms with E-state index in [0.29, 0.717) is 12.8 Å². The molecule has 1 aromatic carbocycles. The molecule has 0 aliphatic carbocycles. The van der Waals surface area contributed by atoms with E-state index >= 15 is 0 Å². The maximum absolute atomic E-state index is 13.4. The lowest BCUT2D eigenvalue weighted by Gasteiger charge is -2.14. The fourth-order valence-corrected chi connectivity index (χ4v) is 1.60. The maximum Gasteiger partial charge on any atom is 0.326 e. The number of hydrogen-bond acceptors (Lipinski definition) is 2. The summed E-state index contributed by atoms with van der Waals surface area (Å²) in [7, 11) is 0. The summed E-state index contributed by atoms with van der Waals surface area (Å²) in [5.41, 5.74) is 0.612. The molecule has 0 heterocycles. The van der Waals surface area contributed by atoms with Crippen molar-refractivity contribution in [2.24, 2.45) is 0 Å². The summed E-state index contributed by atoms with van der Waals surface area (Å²) in [6.45, 7) is 3.55. The van der Waals surface area contributed by atoms with Crippen molar-refractivity contribution in [1.82, 2.24) is 5.32 Å². The molecule has 1 atom stereocenters. The lowest BCUT2D eigenvalue weighted by molar-refractivity contribution is -0.139. The number of carbonyl (C=O) groups is 2. The second kappa shape index (κ2) is 6.14. The van der Waals surface area contributed by atoms with Crippen molar-refractivity contribution < 1.29 is 19.1 Å². The molecule has 0 spiro atoms. The molecule has 4 nitrogen and oxygen atoms in total. The number of carboxylic acids is 1. The van der Waals surface area contributed by atoms with Crippen molar-refractivity contribution in [2.75, 3.05) is 0 Å². The zero-order chi connectivity index (χ0) is 13.7. The van der Waals surface area contributed by atoms with Crippen LogP contribution in [0.1, 0.15) is 35.7 Å². The van der Waals surface area contributed by atoms with Gasteiger partial charge in [0.25, 0.3) is 5.91 Å². The van der Waals surface area contributed by atoms with Crippen LogP contribution in [0.5, 0.6) is 0 Å². The number of halogens is 1. The van der Waals surface area contributed by atoms with Crippen LogP contribution in [-0.4, -0.2) is 23.0 Å². The van der Waals surface area contributed by atoms with Crippen molar-refractivity contribution in [3.63, 3.8) is 0 Å². The van der Waals surface area contributed by atoms with E-state index in [1.54, 1.807) is 13.0 Å². The quantitative estimate of drug-likeness (QED) is 0.844. The predicted molar refractivity (Wildman–Crippen MR) is 64.9 cm³/mol. The van der Waals surface area contributed by atoms with Gasteiger partial charge in [-0.3, -0.25) is 4.79 Å². The summed E-state index contributed by atoms with van der Waals surface area (Å²) in [4.78, 5) is 22.7. The van der Waals surface area contributed by atoms with Gasteiger partial charge >= 0.3 is 5.97 Å². The van der Waals surface area contributed by atoms with Gasteiger partial charge in [-0.25, -0.2) is 9.18 Å². The van der Waals surface area contributed by atoms with Gasteiger partial charge in [0.1, 0.15) is 11.9 Å². The molecule has 2 N–H and O–H groups in total. The first-order valence-electron chi connectivity index (χ1n) is 5.75. The third-order valence-electron chi connectivity index (χ3n) is 2.55. The van der Waals surface area contributed by atoms with Crippen LogP contribution < -0.4 is 5.32 Å². The zero-order valence-electron chi connectivity index (χ0n) is 10.4. The molecule has 0 saturated carbocycles. The Morgan fingerprint density at radius 2 is 2.11 bits per heavy atom. The first-order chi connectivity index (χ1) is 8.45. The maximum atomic E-state index is 13.4. The molecule has 0 fully saturated rings. The number of aliphatic carboxylic acids is 1. The Labute approximate surface area is 105 Å². The van der Waals surface area contributed by atoms with Gasteiger partial charge in [-0.2, -0.15) is 0 Å². The third kappa shape index (κ3) is 3.55. The molecule has 0 unspecified atom stereocenters. The van der Waals surface area contributed by atoms with Crippen LogP contribution in [0.4, 0.5) is 4.39 Å². The van der Waals surface area contributed by atoms with Gasteiger partial charge in [0.15, 0.2) is 0 Å². The van der Waals surface area contributed by atoms with Crippen molar-refractivity contribution in [2.45, 2.75) is 32.7 Å². The van der Waals surface area contributed by atoms with Gasteiger partial charge in [0, 0.05) is 0 Å². The van der Waals surface area contributed by atoms with Crippen molar-refractivity contribution in [3.05, 3.63) is 35.1 Å². The van der Waals surface area contributed by atoms with E-state index in [-0.39, 0.29) is 5.56 Å². The Hall–Kier alpha value is -1.91. The minimum atomic E-state index is -1.11. The summed E-state index contributed by atoms with van der Waals surface area (Å²) >= 11 is 0. The average Bonchev–Trinajstić information content (AvgIpc) is 2.31. The molecule has 0 aliphatic heterocycles. The number of nitrogens with one attached hydrogen (secondary N) is 1. The van der Waals surface area contributed by atoms with Gasteiger partial charge in [0.05, 0.1) is 5.56 Å². The third-order valence-corrected chi connectivity index (χ3v) is 2.55. The Kier molecular flexibility index (Phi) is 4.83. The fourth-order valence-electron chi connectivity index (χ4n) is 1.60. The number of hydrogen-bond donors (Lipinski definition) is 2. The Morgan fingerprint density at radius 3 is 2.67 bits per heavy atom. The van der Waals surface area contributed by atoms with E-state index in [0.717, 1.165) is 5.56 Å². The van der Waals surface area contributed by atoms with E-state index < -0.39 is 23.7 Å². The SMILES string of the molecule is CCC[C@@H](NC(=O)c1cc(C)ccc1F)C(=O)O. The predicted octanol–water partition coefficient (Wildman–Crippen LogP) is 2.12. The lowest BCUT2D eigenvalue weighted by atomic mass is 10.1. The van der Waals surface area contributed by atoms with E-state index in [4.69, 9.17) is 5.11 Å². The Bertz CT molecular complexity index is 460. The smallest absolute Gasteiger partial charge is 0.326 e. The molecule has 1 aromatic rings. The first-order valence-corrected chi connectivity index (χ1v) is 5.75. The molecule has 0 radical (unpaired) electrons. The van der Waals surface area contributed by atoms with E-state index in [2.05, 4.69) is 5.32 Å². The number of benzene rings is 1. The van der Waals surface area contributed by atoms with E-state index in [1.807, 2.05) is 6.92 Å². The molecule has 1 rings (SSSR count). The number of carbonyl (C=O) groups excluding carboxylic acids is 1. The second-order valence-corrected chi connectivity index (χ2v) is 4.14. The minimum Gasteiger partial charge on any atom is -0.480 e. The molecular formula is C13H16FNO3. The molecule has 0 saturated heterocycles. The summed E-state index contributed by atoms with van der Waals surface area (Å²) in [6, 6.07) is 3.16. The number of rotatable bonds is 5. The normalized spacial score (nSPS) is 11.9. The lowest BCUT2D eigenvalue weighted by Crippen LogP contribution is -2.41. The van der Waals surface area contributed by atoms with Crippen LogP contribution in [0.15, 0.2) is 18.2 Å². The summed E-state index contributed by atoms with van der Waals surface area (Å²) < 4.78 is 13.4. The topological polar surface area (TPSA) is 66.4 Å². The highest BCUT2D eigenvalue weighted by molar-refractivity contribution is 5.96. The average molecular weight is 253 g/mol. The van der Waals surface area contributed by atoms with Gasteiger partial charge in [0.2, 0.25) is 0 Å². The van der Waals surface area contributed by atoms with Crippen LogP contribution in [0.25, 0.3) is 0 Å². The molecule has 98 valence electrons. The van der Waals surface area contributed by atoms with Crippen LogP contribution in [0.2, 0.25) is 0 Å². The fraction of sp³-hybridized carbons (Fsp3) is 0.385. The molecule has 1 amide bonds. The molecule has 0 aromatic heterocycles. The van der Waals surface area contributed by atoms with Crippen LogP contribution in [-0.2, 0) is 4.79 Å². The van der Waals surface area contributed by atoms with Gasteiger partial charge in [-0.15, -0.1) is 0 Å². The first kappa shape index (κ1) is 14.2. The highest BCUT2D eigenvalue weighted by Crippen LogP contribution is 2.10. The largest absolute Gasteiger partial charge is 0.480 e. The van der Waals surface area contributed by atoms with Crippen molar-refractivity contribution >= 4 is 11.9 Å². The minimum absolute atomic E-state index is 0.127. The Balaban J connectivity index is 2.86.